The number of benzene rings is 2. The normalized spacial score (nSPS) is 14.1. The zero-order valence-corrected chi connectivity index (χ0v) is 27.2. The van der Waals surface area contributed by atoms with E-state index in [0.29, 0.717) is 60.6 Å². The maximum Gasteiger partial charge on any atom is 0.260 e. The second-order valence-corrected chi connectivity index (χ2v) is 12.8. The number of anilines is 1. The number of ether oxygens (including phenoxy) is 3. The summed E-state index contributed by atoms with van der Waals surface area (Å²) in [5.74, 6) is 1.01. The van der Waals surface area contributed by atoms with E-state index in [4.69, 9.17) is 19.2 Å². The van der Waals surface area contributed by atoms with E-state index < -0.39 is 10.0 Å². The van der Waals surface area contributed by atoms with Crippen molar-refractivity contribution in [2.75, 3.05) is 71.6 Å². The van der Waals surface area contributed by atoms with Gasteiger partial charge in [-0.2, -0.15) is 4.31 Å². The third kappa shape index (κ3) is 7.72. The molecule has 13 heteroatoms. The molecule has 0 spiro atoms. The average Bonchev–Trinajstić information content (AvgIpc) is 3.44. The Morgan fingerprint density at radius 3 is 2.19 bits per heavy atom. The fourth-order valence-corrected chi connectivity index (χ4v) is 7.60. The number of thiazole rings is 1. The van der Waals surface area contributed by atoms with E-state index >= 15 is 0 Å². The van der Waals surface area contributed by atoms with Gasteiger partial charge in [-0.05, 0) is 55.7 Å². The first-order chi connectivity index (χ1) is 19.8. The molecule has 0 aliphatic carbocycles. The number of hydrogen-bond acceptors (Lipinski definition) is 9. The maximum absolute atomic E-state index is 13.9. The zero-order chi connectivity index (χ0) is 29.4. The van der Waals surface area contributed by atoms with Crippen LogP contribution in [-0.2, 0) is 14.8 Å². The number of carbonyl (C=O) groups is 1. The lowest BCUT2D eigenvalue weighted by Crippen LogP contribution is -2.39. The van der Waals surface area contributed by atoms with Crippen molar-refractivity contribution in [2.45, 2.75) is 38.0 Å². The third-order valence-electron chi connectivity index (χ3n) is 7.02. The largest absolute Gasteiger partial charge is 0.495 e. The second kappa shape index (κ2) is 15.8. The lowest BCUT2D eigenvalue weighted by molar-refractivity contribution is 0.0376. The van der Waals surface area contributed by atoms with Crippen molar-refractivity contribution < 1.29 is 27.4 Å². The van der Waals surface area contributed by atoms with Crippen molar-refractivity contribution in [3.63, 3.8) is 0 Å². The van der Waals surface area contributed by atoms with E-state index in [2.05, 4.69) is 4.90 Å². The van der Waals surface area contributed by atoms with Crippen LogP contribution in [0, 0.1) is 0 Å². The van der Waals surface area contributed by atoms with Crippen LogP contribution in [0.15, 0.2) is 41.3 Å². The summed E-state index contributed by atoms with van der Waals surface area (Å²) in [7, 11) is -0.458. The molecule has 0 saturated carbocycles. The number of methoxy groups -OCH3 is 2. The summed E-state index contributed by atoms with van der Waals surface area (Å²) in [4.78, 5) is 22.9. The molecular formula is C29H41ClN4O6S2. The topological polar surface area (TPSA) is 102 Å². The zero-order valence-electron chi connectivity index (χ0n) is 24.7. The van der Waals surface area contributed by atoms with Crippen molar-refractivity contribution in [1.29, 1.82) is 0 Å². The standard InChI is InChI=1S/C29H40N4O6S2.ClH/c1-5-14-32(15-6-2)41(35,36)23-10-8-22(9-11-23)28(34)33(17-7-16-31-18-20-39-21-19-31)29-30-26-24(37-3)12-13-25(38-4)27(26)40-29;/h8-13H,5-7,14-21H2,1-4H3;1H. The average molecular weight is 641 g/mol. The van der Waals surface area contributed by atoms with Gasteiger partial charge in [0, 0.05) is 44.8 Å². The summed E-state index contributed by atoms with van der Waals surface area (Å²) in [6.45, 7) is 9.26. The molecule has 0 N–H and O–H groups in total. The first-order valence-electron chi connectivity index (χ1n) is 14.1. The van der Waals surface area contributed by atoms with Gasteiger partial charge in [-0.1, -0.05) is 25.2 Å². The van der Waals surface area contributed by atoms with Crippen molar-refractivity contribution in [3.8, 4) is 11.5 Å². The molecule has 3 aromatic rings. The van der Waals surface area contributed by atoms with Crippen LogP contribution < -0.4 is 14.4 Å². The number of carbonyl (C=O) groups excluding carboxylic acids is 1. The minimum atomic E-state index is -3.64. The quantitative estimate of drug-likeness (QED) is 0.245. The Balaban J connectivity index is 0.00000484. The lowest BCUT2D eigenvalue weighted by Gasteiger charge is -2.27. The van der Waals surface area contributed by atoms with Gasteiger partial charge >= 0.3 is 0 Å². The molecule has 1 fully saturated rings. The molecular weight excluding hydrogens is 600 g/mol. The van der Waals surface area contributed by atoms with Gasteiger partial charge in [0.1, 0.15) is 21.7 Å². The van der Waals surface area contributed by atoms with Crippen molar-refractivity contribution in [2.24, 2.45) is 0 Å². The van der Waals surface area contributed by atoms with E-state index in [1.807, 2.05) is 19.9 Å². The summed E-state index contributed by atoms with van der Waals surface area (Å²) in [6.07, 6.45) is 2.20. The molecule has 0 bridgehead atoms. The van der Waals surface area contributed by atoms with Crippen LogP contribution in [0.5, 0.6) is 11.5 Å². The number of hydrogen-bond donors (Lipinski definition) is 0. The fraction of sp³-hybridized carbons (Fsp3) is 0.517. The molecule has 0 atom stereocenters. The summed E-state index contributed by atoms with van der Waals surface area (Å²) in [5.41, 5.74) is 1.03. The maximum atomic E-state index is 13.9. The first-order valence-corrected chi connectivity index (χ1v) is 16.3. The Morgan fingerprint density at radius 1 is 0.976 bits per heavy atom. The van der Waals surface area contributed by atoms with Crippen LogP contribution in [0.4, 0.5) is 5.13 Å². The Labute approximate surface area is 259 Å². The number of fused-ring (bicyclic) bond motifs is 1. The summed E-state index contributed by atoms with van der Waals surface area (Å²) in [5, 5.41) is 0.531. The van der Waals surface area contributed by atoms with Crippen LogP contribution in [0.3, 0.4) is 0 Å². The molecule has 2 aromatic carbocycles. The minimum Gasteiger partial charge on any atom is -0.495 e. The summed E-state index contributed by atoms with van der Waals surface area (Å²) >= 11 is 1.37. The molecule has 42 heavy (non-hydrogen) atoms. The van der Waals surface area contributed by atoms with Gasteiger partial charge in [0.15, 0.2) is 5.13 Å². The van der Waals surface area contributed by atoms with Gasteiger partial charge in [0.2, 0.25) is 10.0 Å². The Morgan fingerprint density at radius 2 is 1.60 bits per heavy atom. The monoisotopic (exact) mass is 640 g/mol. The number of sulfonamides is 1. The summed E-state index contributed by atoms with van der Waals surface area (Å²) in [6, 6.07) is 9.86. The molecule has 0 unspecified atom stereocenters. The van der Waals surface area contributed by atoms with Gasteiger partial charge in [0.05, 0.1) is 32.3 Å². The SMILES string of the molecule is CCCN(CCC)S(=O)(=O)c1ccc(C(=O)N(CCCN2CCOCC2)c2nc3c(OC)ccc(OC)c3s2)cc1.Cl. The molecule has 1 aliphatic heterocycles. The van der Waals surface area contributed by atoms with E-state index in [1.165, 1.54) is 27.8 Å². The van der Waals surface area contributed by atoms with Crippen LogP contribution in [0.1, 0.15) is 43.5 Å². The number of amides is 1. The van der Waals surface area contributed by atoms with Gasteiger partial charge in [0.25, 0.3) is 5.91 Å². The number of aromatic nitrogens is 1. The molecule has 0 radical (unpaired) electrons. The highest BCUT2D eigenvalue weighted by molar-refractivity contribution is 7.89. The van der Waals surface area contributed by atoms with Crippen LogP contribution >= 0.6 is 23.7 Å². The van der Waals surface area contributed by atoms with Crippen molar-refractivity contribution in [3.05, 3.63) is 42.0 Å². The van der Waals surface area contributed by atoms with Crippen molar-refractivity contribution >= 4 is 55.0 Å². The minimum absolute atomic E-state index is 0. The van der Waals surface area contributed by atoms with E-state index in [0.717, 1.165) is 43.6 Å². The molecule has 1 amide bonds. The smallest absolute Gasteiger partial charge is 0.260 e. The lowest BCUT2D eigenvalue weighted by atomic mass is 10.2. The van der Waals surface area contributed by atoms with Gasteiger partial charge in [-0.15, -0.1) is 12.4 Å². The number of morpholine rings is 1. The Bertz CT molecular complexity index is 1360. The number of nitrogens with zero attached hydrogens (tertiary/aromatic N) is 4. The van der Waals surface area contributed by atoms with E-state index in [9.17, 15) is 13.2 Å². The second-order valence-electron chi connectivity index (χ2n) is 9.84. The van der Waals surface area contributed by atoms with Crippen LogP contribution in [0.25, 0.3) is 10.2 Å². The van der Waals surface area contributed by atoms with Crippen LogP contribution in [0.2, 0.25) is 0 Å². The van der Waals surface area contributed by atoms with Crippen molar-refractivity contribution in [1.82, 2.24) is 14.2 Å². The molecule has 4 rings (SSSR count). The molecule has 1 aromatic heterocycles. The van der Waals surface area contributed by atoms with E-state index in [-0.39, 0.29) is 23.2 Å². The van der Waals surface area contributed by atoms with E-state index in [1.54, 1.807) is 37.3 Å². The Kier molecular flexibility index (Phi) is 12.8. The number of rotatable bonds is 14. The molecule has 2 heterocycles. The molecule has 232 valence electrons. The predicted octanol–water partition coefficient (Wildman–Crippen LogP) is 4.92. The highest BCUT2D eigenvalue weighted by Gasteiger charge is 2.26. The summed E-state index contributed by atoms with van der Waals surface area (Å²) < 4.78 is 45.3. The van der Waals surface area contributed by atoms with Gasteiger partial charge in [-0.3, -0.25) is 14.6 Å². The van der Waals surface area contributed by atoms with Gasteiger partial charge < -0.3 is 14.2 Å². The fourth-order valence-electron chi connectivity index (χ4n) is 4.88. The van der Waals surface area contributed by atoms with Crippen LogP contribution in [-0.4, -0.2) is 95.2 Å². The third-order valence-corrected chi connectivity index (χ3v) is 10.0. The first kappa shape index (κ1) is 34.0. The molecule has 1 saturated heterocycles. The molecule has 10 nitrogen and oxygen atoms in total. The highest BCUT2D eigenvalue weighted by Crippen LogP contribution is 2.40. The molecule has 1 aliphatic rings. The predicted molar refractivity (Wildman–Crippen MR) is 169 cm³/mol. The Hall–Kier alpha value is -2.48. The highest BCUT2D eigenvalue weighted by atomic mass is 35.5. The van der Waals surface area contributed by atoms with Gasteiger partial charge in [-0.25, -0.2) is 13.4 Å². The number of halogens is 1.